The van der Waals surface area contributed by atoms with Gasteiger partial charge in [0.1, 0.15) is 5.82 Å². The maximum absolute atomic E-state index is 6.05. The topological polar surface area (TPSA) is 17.8 Å². The van der Waals surface area contributed by atoms with Gasteiger partial charge in [-0.1, -0.05) is 50.2 Å². The van der Waals surface area contributed by atoms with E-state index in [1.165, 1.54) is 11.1 Å². The predicted octanol–water partition coefficient (Wildman–Crippen LogP) is 4.95. The lowest BCUT2D eigenvalue weighted by Crippen LogP contribution is -2.04. The van der Waals surface area contributed by atoms with Gasteiger partial charge in [0.2, 0.25) is 0 Å². The Morgan fingerprint density at radius 1 is 1.05 bits per heavy atom. The van der Waals surface area contributed by atoms with Gasteiger partial charge in [0.15, 0.2) is 0 Å². The van der Waals surface area contributed by atoms with Gasteiger partial charge in [-0.25, -0.2) is 4.98 Å². The number of benzene rings is 2. The molecule has 0 saturated carbocycles. The monoisotopic (exact) mass is 298 g/mol. The average molecular weight is 299 g/mol. The molecule has 0 N–H and O–H groups in total. The summed E-state index contributed by atoms with van der Waals surface area (Å²) in [6, 6.07) is 17.0. The summed E-state index contributed by atoms with van der Waals surface area (Å²) in [5, 5.41) is 0. The molecule has 0 radical (unpaired) electrons. The third-order valence-corrected chi connectivity index (χ3v) is 4.08. The van der Waals surface area contributed by atoms with E-state index in [1.807, 2.05) is 18.2 Å². The van der Waals surface area contributed by atoms with Gasteiger partial charge >= 0.3 is 0 Å². The normalized spacial score (nSPS) is 11.4. The second kappa shape index (κ2) is 5.90. The average Bonchev–Trinajstić information content (AvgIpc) is 2.86. The van der Waals surface area contributed by atoms with Crippen LogP contribution >= 0.6 is 11.6 Å². The zero-order valence-electron chi connectivity index (χ0n) is 12.4. The van der Waals surface area contributed by atoms with Gasteiger partial charge in [-0.2, -0.15) is 0 Å². The fourth-order valence-electron chi connectivity index (χ4n) is 2.59. The highest BCUT2D eigenvalue weighted by Gasteiger charge is 2.10. The second-order valence-corrected chi connectivity index (χ2v) is 5.90. The first-order chi connectivity index (χ1) is 10.2. The lowest BCUT2D eigenvalue weighted by atomic mass is 10.0. The van der Waals surface area contributed by atoms with Crippen molar-refractivity contribution in [2.24, 2.45) is 0 Å². The summed E-state index contributed by atoms with van der Waals surface area (Å²) in [5.74, 6) is 1.91. The van der Waals surface area contributed by atoms with Crippen LogP contribution in [-0.4, -0.2) is 9.55 Å². The summed E-state index contributed by atoms with van der Waals surface area (Å²) in [6.07, 6.45) is 0. The smallest absolute Gasteiger partial charge is 0.125 e. The van der Waals surface area contributed by atoms with Crippen LogP contribution in [0.25, 0.3) is 11.0 Å². The molecule has 108 valence electrons. The van der Waals surface area contributed by atoms with Crippen molar-refractivity contribution in [3.8, 4) is 0 Å². The molecule has 0 fully saturated rings. The molecule has 0 amide bonds. The fourth-order valence-corrected chi connectivity index (χ4v) is 2.80. The number of fused-ring (bicyclic) bond motifs is 1. The largest absolute Gasteiger partial charge is 0.322 e. The van der Waals surface area contributed by atoms with Crippen molar-refractivity contribution < 1.29 is 0 Å². The van der Waals surface area contributed by atoms with Crippen LogP contribution in [-0.2, 0) is 12.4 Å². The van der Waals surface area contributed by atoms with Crippen molar-refractivity contribution in [2.45, 2.75) is 32.2 Å². The number of imidazole rings is 1. The van der Waals surface area contributed by atoms with Crippen LogP contribution in [0.15, 0.2) is 48.5 Å². The Morgan fingerprint density at radius 3 is 2.43 bits per heavy atom. The summed E-state index contributed by atoms with van der Waals surface area (Å²) >= 11 is 6.05. The Bertz CT molecular complexity index is 742. The molecule has 3 heteroatoms. The number of alkyl halides is 1. The van der Waals surface area contributed by atoms with Gasteiger partial charge in [0.05, 0.1) is 16.9 Å². The van der Waals surface area contributed by atoms with Crippen LogP contribution in [0.2, 0.25) is 0 Å². The van der Waals surface area contributed by atoms with Crippen LogP contribution in [0.3, 0.4) is 0 Å². The lowest BCUT2D eigenvalue weighted by molar-refractivity contribution is 0.776. The van der Waals surface area contributed by atoms with Crippen LogP contribution in [0.5, 0.6) is 0 Å². The Labute approximate surface area is 130 Å². The van der Waals surface area contributed by atoms with Gasteiger partial charge in [-0.15, -0.1) is 11.6 Å². The van der Waals surface area contributed by atoms with Gasteiger partial charge in [0.25, 0.3) is 0 Å². The minimum absolute atomic E-state index is 0.429. The standard InChI is InChI=1S/C18H19ClN2/c1-13(2)15-9-7-14(8-10-15)12-21-17-6-4-3-5-16(17)20-18(21)11-19/h3-10,13H,11-12H2,1-2H3. The molecular formula is C18H19ClN2. The molecule has 3 aromatic rings. The van der Waals surface area contributed by atoms with Crippen molar-refractivity contribution in [2.75, 3.05) is 0 Å². The van der Waals surface area contributed by atoms with Gasteiger partial charge < -0.3 is 4.57 Å². The van der Waals surface area contributed by atoms with E-state index >= 15 is 0 Å². The quantitative estimate of drug-likeness (QED) is 0.623. The molecule has 0 saturated heterocycles. The van der Waals surface area contributed by atoms with Gasteiger partial charge in [-0.05, 0) is 29.2 Å². The van der Waals surface area contributed by atoms with Gasteiger partial charge in [-0.3, -0.25) is 0 Å². The van der Waals surface area contributed by atoms with E-state index in [0.717, 1.165) is 23.4 Å². The number of rotatable bonds is 4. The van der Waals surface area contributed by atoms with Crippen LogP contribution in [0, 0.1) is 0 Å². The highest BCUT2D eigenvalue weighted by molar-refractivity contribution is 6.16. The molecule has 1 heterocycles. The number of halogens is 1. The van der Waals surface area contributed by atoms with Crippen molar-refractivity contribution in [3.05, 3.63) is 65.5 Å². The Balaban J connectivity index is 1.97. The summed E-state index contributed by atoms with van der Waals surface area (Å²) in [7, 11) is 0. The minimum Gasteiger partial charge on any atom is -0.322 e. The fraction of sp³-hybridized carbons (Fsp3) is 0.278. The van der Waals surface area contributed by atoms with Crippen molar-refractivity contribution in [1.82, 2.24) is 9.55 Å². The van der Waals surface area contributed by atoms with Crippen molar-refractivity contribution >= 4 is 22.6 Å². The highest BCUT2D eigenvalue weighted by atomic mass is 35.5. The predicted molar refractivity (Wildman–Crippen MR) is 88.9 cm³/mol. The third-order valence-electron chi connectivity index (χ3n) is 3.84. The molecule has 0 spiro atoms. The van der Waals surface area contributed by atoms with E-state index in [-0.39, 0.29) is 0 Å². The highest BCUT2D eigenvalue weighted by Crippen LogP contribution is 2.20. The molecule has 0 aliphatic carbocycles. The first kappa shape index (κ1) is 14.2. The molecule has 0 bridgehead atoms. The van der Waals surface area contributed by atoms with Gasteiger partial charge in [0, 0.05) is 6.54 Å². The zero-order chi connectivity index (χ0) is 14.8. The summed E-state index contributed by atoms with van der Waals surface area (Å²) in [6.45, 7) is 5.23. The summed E-state index contributed by atoms with van der Waals surface area (Å²) in [5.41, 5.74) is 4.79. The Morgan fingerprint density at radius 2 is 1.76 bits per heavy atom. The Hall–Kier alpha value is -1.80. The maximum atomic E-state index is 6.05. The number of nitrogens with zero attached hydrogens (tertiary/aromatic N) is 2. The van der Waals surface area contributed by atoms with Crippen molar-refractivity contribution in [1.29, 1.82) is 0 Å². The van der Waals surface area contributed by atoms with E-state index in [4.69, 9.17) is 11.6 Å². The van der Waals surface area contributed by atoms with Crippen LogP contribution < -0.4 is 0 Å². The second-order valence-electron chi connectivity index (χ2n) is 5.63. The first-order valence-corrected chi connectivity index (χ1v) is 7.81. The number of para-hydroxylation sites is 2. The molecule has 2 aromatic carbocycles. The summed E-state index contributed by atoms with van der Waals surface area (Å²) in [4.78, 5) is 4.60. The summed E-state index contributed by atoms with van der Waals surface area (Å²) < 4.78 is 2.20. The third kappa shape index (κ3) is 2.81. The molecular weight excluding hydrogens is 280 g/mol. The van der Waals surface area contributed by atoms with E-state index in [9.17, 15) is 0 Å². The molecule has 0 unspecified atom stereocenters. The number of aromatic nitrogens is 2. The van der Waals surface area contributed by atoms with Crippen molar-refractivity contribution in [3.63, 3.8) is 0 Å². The molecule has 0 aliphatic heterocycles. The molecule has 1 aromatic heterocycles. The van der Waals surface area contributed by atoms with E-state index in [2.05, 4.69) is 53.7 Å². The SMILES string of the molecule is CC(C)c1ccc(Cn2c(CCl)nc3ccccc32)cc1. The van der Waals surface area contributed by atoms with E-state index in [0.29, 0.717) is 11.8 Å². The zero-order valence-corrected chi connectivity index (χ0v) is 13.1. The molecule has 0 atom stereocenters. The maximum Gasteiger partial charge on any atom is 0.125 e. The first-order valence-electron chi connectivity index (χ1n) is 7.28. The molecule has 2 nitrogen and oxygen atoms in total. The van der Waals surface area contributed by atoms with Crippen LogP contribution in [0.1, 0.15) is 36.7 Å². The molecule has 0 aliphatic rings. The number of hydrogen-bond acceptors (Lipinski definition) is 1. The Kier molecular flexibility index (Phi) is 3.98. The number of hydrogen-bond donors (Lipinski definition) is 0. The molecule has 21 heavy (non-hydrogen) atoms. The molecule has 3 rings (SSSR count). The van der Waals surface area contributed by atoms with E-state index in [1.54, 1.807) is 0 Å². The minimum atomic E-state index is 0.429. The lowest BCUT2D eigenvalue weighted by Gasteiger charge is -2.10. The van der Waals surface area contributed by atoms with Crippen LogP contribution in [0.4, 0.5) is 0 Å². The van der Waals surface area contributed by atoms with E-state index < -0.39 is 0 Å².